The number of rotatable bonds is 11. The highest BCUT2D eigenvalue weighted by molar-refractivity contribution is 6.36. The minimum absolute atomic E-state index is 0.129. The Labute approximate surface area is 224 Å². The first-order chi connectivity index (χ1) is 17.3. The topological polar surface area (TPSA) is 49.4 Å². The van der Waals surface area contributed by atoms with Crippen LogP contribution in [-0.4, -0.2) is 29.3 Å². The Morgan fingerprint density at radius 3 is 1.83 bits per heavy atom. The molecule has 0 saturated carbocycles. The maximum atomic E-state index is 14.0. The standard InChI is InChI=1S/C30H34Cl2N2O2/c1-4-28(30(36)33-19-21(2)3)34(20-25-26(31)16-11-17-27(25)32)29(35)18-24(22-12-7-5-8-13-22)23-14-9-6-10-15-23/h5-17,21,24,28H,4,18-20H2,1-3H3,(H,33,36)/t28-/m0/s1. The number of nitrogens with zero attached hydrogens (tertiary/aromatic N) is 1. The van der Waals surface area contributed by atoms with Crippen molar-refractivity contribution in [1.82, 2.24) is 10.2 Å². The summed E-state index contributed by atoms with van der Waals surface area (Å²) in [4.78, 5) is 28.9. The number of halogens is 2. The largest absolute Gasteiger partial charge is 0.354 e. The molecule has 0 spiro atoms. The van der Waals surface area contributed by atoms with E-state index in [0.717, 1.165) is 11.1 Å². The van der Waals surface area contributed by atoms with Crippen molar-refractivity contribution in [3.05, 3.63) is 106 Å². The number of hydrogen-bond acceptors (Lipinski definition) is 2. The summed E-state index contributed by atoms with van der Waals surface area (Å²) >= 11 is 13.0. The van der Waals surface area contributed by atoms with Crippen molar-refractivity contribution in [3.63, 3.8) is 0 Å². The van der Waals surface area contributed by atoms with Gasteiger partial charge in [-0.2, -0.15) is 0 Å². The Morgan fingerprint density at radius 2 is 1.36 bits per heavy atom. The molecule has 0 aromatic heterocycles. The molecule has 2 amide bonds. The van der Waals surface area contributed by atoms with Crippen LogP contribution in [-0.2, 0) is 16.1 Å². The fourth-order valence-corrected chi connectivity index (χ4v) is 4.80. The molecule has 4 nitrogen and oxygen atoms in total. The van der Waals surface area contributed by atoms with Crippen LogP contribution in [0.3, 0.4) is 0 Å². The molecule has 0 heterocycles. The maximum Gasteiger partial charge on any atom is 0.242 e. The first-order valence-corrected chi connectivity index (χ1v) is 13.2. The van der Waals surface area contributed by atoms with Crippen LogP contribution < -0.4 is 5.32 Å². The van der Waals surface area contributed by atoms with Gasteiger partial charge in [-0.3, -0.25) is 9.59 Å². The Kier molecular flexibility index (Phi) is 10.4. The summed E-state index contributed by atoms with van der Waals surface area (Å²) in [7, 11) is 0. The molecule has 0 unspecified atom stereocenters. The fraction of sp³-hybridized carbons (Fsp3) is 0.333. The summed E-state index contributed by atoms with van der Waals surface area (Å²) in [5.74, 6) is -0.150. The molecule has 36 heavy (non-hydrogen) atoms. The minimum atomic E-state index is -0.643. The normalized spacial score (nSPS) is 12.0. The number of nitrogens with one attached hydrogen (secondary N) is 1. The molecule has 0 aliphatic rings. The molecule has 3 rings (SSSR count). The van der Waals surface area contributed by atoms with Crippen molar-refractivity contribution in [2.75, 3.05) is 6.54 Å². The summed E-state index contributed by atoms with van der Waals surface area (Å²) in [6.07, 6.45) is 0.684. The smallest absolute Gasteiger partial charge is 0.242 e. The molecule has 0 fully saturated rings. The van der Waals surface area contributed by atoms with Crippen LogP contribution in [0.15, 0.2) is 78.9 Å². The molecule has 0 radical (unpaired) electrons. The van der Waals surface area contributed by atoms with Gasteiger partial charge in [0.25, 0.3) is 0 Å². The van der Waals surface area contributed by atoms with Gasteiger partial charge < -0.3 is 10.2 Å². The van der Waals surface area contributed by atoms with E-state index in [1.165, 1.54) is 0 Å². The highest BCUT2D eigenvalue weighted by atomic mass is 35.5. The summed E-state index contributed by atoms with van der Waals surface area (Å²) < 4.78 is 0. The summed E-state index contributed by atoms with van der Waals surface area (Å²) in [5, 5.41) is 3.95. The average molecular weight is 526 g/mol. The van der Waals surface area contributed by atoms with Gasteiger partial charge in [0.15, 0.2) is 0 Å². The lowest BCUT2D eigenvalue weighted by molar-refractivity contribution is -0.141. The zero-order valence-corrected chi connectivity index (χ0v) is 22.6. The third-order valence-corrected chi connectivity index (χ3v) is 6.95. The highest BCUT2D eigenvalue weighted by Crippen LogP contribution is 2.31. The number of hydrogen-bond donors (Lipinski definition) is 1. The average Bonchev–Trinajstić information content (AvgIpc) is 2.88. The Bertz CT molecular complexity index is 1080. The van der Waals surface area contributed by atoms with Crippen LogP contribution >= 0.6 is 23.2 Å². The van der Waals surface area contributed by atoms with Gasteiger partial charge >= 0.3 is 0 Å². The van der Waals surface area contributed by atoms with Crippen molar-refractivity contribution in [2.45, 2.75) is 52.1 Å². The predicted molar refractivity (Wildman–Crippen MR) is 148 cm³/mol. The molecule has 0 bridgehead atoms. The van der Waals surface area contributed by atoms with E-state index in [-0.39, 0.29) is 30.7 Å². The molecule has 3 aromatic carbocycles. The number of carbonyl (C=O) groups is 2. The van der Waals surface area contributed by atoms with Crippen LogP contribution in [0.2, 0.25) is 10.0 Å². The second-order valence-electron chi connectivity index (χ2n) is 9.36. The van der Waals surface area contributed by atoms with Crippen molar-refractivity contribution < 1.29 is 9.59 Å². The minimum Gasteiger partial charge on any atom is -0.354 e. The highest BCUT2D eigenvalue weighted by Gasteiger charge is 2.31. The van der Waals surface area contributed by atoms with Crippen molar-refractivity contribution in [2.24, 2.45) is 5.92 Å². The Morgan fingerprint density at radius 1 is 0.833 bits per heavy atom. The van der Waals surface area contributed by atoms with Gasteiger partial charge in [-0.25, -0.2) is 0 Å². The number of amides is 2. The fourth-order valence-electron chi connectivity index (χ4n) is 4.29. The third-order valence-electron chi connectivity index (χ3n) is 6.24. The zero-order valence-electron chi connectivity index (χ0n) is 21.1. The van der Waals surface area contributed by atoms with Crippen LogP contribution in [0.4, 0.5) is 0 Å². The number of benzene rings is 3. The van der Waals surface area contributed by atoms with E-state index in [1.54, 1.807) is 23.1 Å². The van der Waals surface area contributed by atoms with Gasteiger partial charge in [0.1, 0.15) is 6.04 Å². The lowest BCUT2D eigenvalue weighted by Gasteiger charge is -2.32. The van der Waals surface area contributed by atoms with E-state index in [1.807, 2.05) is 81.4 Å². The van der Waals surface area contributed by atoms with Gasteiger partial charge in [-0.1, -0.05) is 111 Å². The quantitative estimate of drug-likeness (QED) is 0.291. The Hall–Kier alpha value is -2.82. The summed E-state index contributed by atoms with van der Waals surface area (Å²) in [6.45, 7) is 6.69. The van der Waals surface area contributed by atoms with E-state index in [4.69, 9.17) is 23.2 Å². The van der Waals surface area contributed by atoms with E-state index >= 15 is 0 Å². The predicted octanol–water partition coefficient (Wildman–Crippen LogP) is 7.10. The molecular formula is C30H34Cl2N2O2. The summed E-state index contributed by atoms with van der Waals surface area (Å²) in [5.41, 5.74) is 2.73. The molecule has 1 N–H and O–H groups in total. The van der Waals surface area contributed by atoms with Gasteiger partial charge in [0.05, 0.1) is 0 Å². The summed E-state index contributed by atoms with van der Waals surface area (Å²) in [6, 6.07) is 24.6. The van der Waals surface area contributed by atoms with E-state index in [0.29, 0.717) is 34.5 Å². The van der Waals surface area contributed by atoms with E-state index in [2.05, 4.69) is 5.32 Å². The third kappa shape index (κ3) is 7.35. The van der Waals surface area contributed by atoms with Crippen molar-refractivity contribution >= 4 is 35.0 Å². The lowest BCUT2D eigenvalue weighted by Crippen LogP contribution is -2.49. The van der Waals surface area contributed by atoms with E-state index < -0.39 is 6.04 Å². The van der Waals surface area contributed by atoms with Gasteiger partial charge in [-0.15, -0.1) is 0 Å². The maximum absolute atomic E-state index is 14.0. The molecule has 0 aliphatic carbocycles. The molecule has 1 atom stereocenters. The zero-order chi connectivity index (χ0) is 26.1. The van der Waals surface area contributed by atoms with Crippen LogP contribution in [0.1, 0.15) is 56.2 Å². The molecule has 0 aliphatic heterocycles. The molecule has 3 aromatic rings. The van der Waals surface area contributed by atoms with Crippen LogP contribution in [0.25, 0.3) is 0 Å². The second-order valence-corrected chi connectivity index (χ2v) is 10.2. The monoisotopic (exact) mass is 524 g/mol. The lowest BCUT2D eigenvalue weighted by atomic mass is 9.88. The first-order valence-electron chi connectivity index (χ1n) is 12.4. The molecule has 190 valence electrons. The van der Waals surface area contributed by atoms with Gasteiger partial charge in [0, 0.05) is 41.0 Å². The Balaban J connectivity index is 1.98. The van der Waals surface area contributed by atoms with Crippen LogP contribution in [0, 0.1) is 5.92 Å². The molecular weight excluding hydrogens is 491 g/mol. The van der Waals surface area contributed by atoms with Gasteiger partial charge in [0.2, 0.25) is 11.8 Å². The SMILES string of the molecule is CC[C@@H](C(=O)NCC(C)C)N(Cc1c(Cl)cccc1Cl)C(=O)CC(c1ccccc1)c1ccccc1. The van der Waals surface area contributed by atoms with Crippen molar-refractivity contribution in [3.8, 4) is 0 Å². The second kappa shape index (κ2) is 13.5. The molecule has 6 heteroatoms. The van der Waals surface area contributed by atoms with Crippen molar-refractivity contribution in [1.29, 1.82) is 0 Å². The molecule has 0 saturated heterocycles. The van der Waals surface area contributed by atoms with Gasteiger partial charge in [-0.05, 0) is 35.6 Å². The van der Waals surface area contributed by atoms with E-state index in [9.17, 15) is 9.59 Å². The first kappa shape index (κ1) is 27.8. The number of carbonyl (C=O) groups excluding carboxylic acids is 2. The van der Waals surface area contributed by atoms with Crippen LogP contribution in [0.5, 0.6) is 0 Å².